The molecule has 1 saturated heterocycles. The van der Waals surface area contributed by atoms with Crippen LogP contribution in [0.4, 0.5) is 0 Å². The molecule has 0 bridgehead atoms. The summed E-state index contributed by atoms with van der Waals surface area (Å²) >= 11 is 6.09. The average Bonchev–Trinajstić information content (AvgIpc) is 2.28. The maximum absolute atomic E-state index is 6.09. The van der Waals surface area contributed by atoms with E-state index in [-0.39, 0.29) is 5.41 Å². The standard InChI is InChI=1S/C14H19ClO2/c1-10(2)12-6-11(4-5-13(12)16-3)14(7-15)8-17-9-14/h4-6,10H,7-9H2,1-3H3. The molecule has 0 radical (unpaired) electrons. The van der Waals surface area contributed by atoms with Crippen LogP contribution in [0, 0.1) is 0 Å². The second-order valence-electron chi connectivity index (χ2n) is 5.02. The molecule has 17 heavy (non-hydrogen) atoms. The summed E-state index contributed by atoms with van der Waals surface area (Å²) in [5.74, 6) is 2.00. The summed E-state index contributed by atoms with van der Waals surface area (Å²) in [5.41, 5.74) is 2.52. The van der Waals surface area contributed by atoms with Crippen LogP contribution in [-0.4, -0.2) is 26.2 Å². The summed E-state index contributed by atoms with van der Waals surface area (Å²) in [6.45, 7) is 5.79. The van der Waals surface area contributed by atoms with Crippen molar-refractivity contribution in [2.75, 3.05) is 26.2 Å². The van der Waals surface area contributed by atoms with Crippen LogP contribution in [0.3, 0.4) is 0 Å². The Bertz CT molecular complexity index is 392. The summed E-state index contributed by atoms with van der Waals surface area (Å²) in [7, 11) is 1.71. The van der Waals surface area contributed by atoms with Crippen LogP contribution in [0.2, 0.25) is 0 Å². The maximum atomic E-state index is 6.09. The number of halogens is 1. The lowest BCUT2D eigenvalue weighted by molar-refractivity contribution is -0.0480. The van der Waals surface area contributed by atoms with Gasteiger partial charge in [0.2, 0.25) is 0 Å². The Hall–Kier alpha value is -0.730. The van der Waals surface area contributed by atoms with Gasteiger partial charge in [-0.25, -0.2) is 0 Å². The van der Waals surface area contributed by atoms with Gasteiger partial charge in [0.05, 0.1) is 25.7 Å². The van der Waals surface area contributed by atoms with Gasteiger partial charge in [-0.15, -0.1) is 11.6 Å². The first-order chi connectivity index (χ1) is 8.13. The first-order valence-electron chi connectivity index (χ1n) is 5.95. The van der Waals surface area contributed by atoms with Crippen LogP contribution >= 0.6 is 11.6 Å². The molecular weight excluding hydrogens is 236 g/mol. The van der Waals surface area contributed by atoms with Crippen LogP contribution in [0.25, 0.3) is 0 Å². The largest absolute Gasteiger partial charge is 0.496 e. The van der Waals surface area contributed by atoms with Crippen LogP contribution in [0.1, 0.15) is 30.9 Å². The summed E-state index contributed by atoms with van der Waals surface area (Å²) < 4.78 is 10.7. The Balaban J connectivity index is 2.40. The topological polar surface area (TPSA) is 18.5 Å². The SMILES string of the molecule is COc1ccc(C2(CCl)COC2)cc1C(C)C. The van der Waals surface area contributed by atoms with E-state index in [2.05, 4.69) is 26.0 Å². The number of rotatable bonds is 4. The lowest BCUT2D eigenvalue weighted by Gasteiger charge is -2.40. The van der Waals surface area contributed by atoms with Gasteiger partial charge in [-0.05, 0) is 23.1 Å². The van der Waals surface area contributed by atoms with Crippen LogP contribution in [-0.2, 0) is 10.2 Å². The van der Waals surface area contributed by atoms with Gasteiger partial charge < -0.3 is 9.47 Å². The molecule has 0 aliphatic carbocycles. The van der Waals surface area contributed by atoms with Gasteiger partial charge in [0.25, 0.3) is 0 Å². The molecule has 0 aromatic heterocycles. The number of alkyl halides is 1. The van der Waals surface area contributed by atoms with E-state index in [0.717, 1.165) is 19.0 Å². The van der Waals surface area contributed by atoms with Crippen LogP contribution < -0.4 is 4.74 Å². The van der Waals surface area contributed by atoms with E-state index < -0.39 is 0 Å². The minimum absolute atomic E-state index is 0.0114. The second kappa shape index (κ2) is 4.87. The van der Waals surface area contributed by atoms with Gasteiger partial charge in [-0.1, -0.05) is 26.0 Å². The highest BCUT2D eigenvalue weighted by atomic mass is 35.5. The van der Waals surface area contributed by atoms with Crippen molar-refractivity contribution >= 4 is 11.6 Å². The molecule has 1 heterocycles. The van der Waals surface area contributed by atoms with Gasteiger partial charge in [0, 0.05) is 5.88 Å². The molecule has 0 N–H and O–H groups in total. The van der Waals surface area contributed by atoms with Gasteiger partial charge in [0.1, 0.15) is 5.75 Å². The summed E-state index contributed by atoms with van der Waals surface area (Å²) in [6, 6.07) is 6.36. The molecule has 1 aliphatic rings. The average molecular weight is 255 g/mol. The predicted octanol–water partition coefficient (Wildman–Crippen LogP) is 3.33. The van der Waals surface area contributed by atoms with Crippen molar-refractivity contribution in [1.29, 1.82) is 0 Å². The third-order valence-corrected chi connectivity index (χ3v) is 3.99. The molecule has 0 atom stereocenters. The zero-order valence-electron chi connectivity index (χ0n) is 10.6. The van der Waals surface area contributed by atoms with Gasteiger partial charge in [0.15, 0.2) is 0 Å². The summed E-state index contributed by atoms with van der Waals surface area (Å²) in [6.07, 6.45) is 0. The van der Waals surface area contributed by atoms with Crippen molar-refractivity contribution < 1.29 is 9.47 Å². The van der Waals surface area contributed by atoms with Crippen molar-refractivity contribution in [3.63, 3.8) is 0 Å². The smallest absolute Gasteiger partial charge is 0.122 e. The predicted molar refractivity (Wildman–Crippen MR) is 70.3 cm³/mol. The van der Waals surface area contributed by atoms with Crippen LogP contribution in [0.5, 0.6) is 5.75 Å². The van der Waals surface area contributed by atoms with E-state index in [1.807, 2.05) is 6.07 Å². The number of hydrogen-bond donors (Lipinski definition) is 0. The van der Waals surface area contributed by atoms with Gasteiger partial charge in [-0.2, -0.15) is 0 Å². The molecule has 0 saturated carbocycles. The number of methoxy groups -OCH3 is 1. The number of benzene rings is 1. The van der Waals surface area contributed by atoms with E-state index >= 15 is 0 Å². The minimum Gasteiger partial charge on any atom is -0.496 e. The summed E-state index contributed by atoms with van der Waals surface area (Å²) in [5, 5.41) is 0. The molecule has 2 rings (SSSR count). The molecule has 1 fully saturated rings. The van der Waals surface area contributed by atoms with Gasteiger partial charge in [-0.3, -0.25) is 0 Å². The molecule has 1 aromatic rings. The van der Waals surface area contributed by atoms with Gasteiger partial charge >= 0.3 is 0 Å². The highest BCUT2D eigenvalue weighted by molar-refractivity contribution is 6.18. The lowest BCUT2D eigenvalue weighted by atomic mass is 9.79. The molecule has 0 spiro atoms. The van der Waals surface area contributed by atoms with Crippen molar-refractivity contribution in [2.45, 2.75) is 25.2 Å². The minimum atomic E-state index is 0.0114. The Labute approximate surface area is 108 Å². The van der Waals surface area contributed by atoms with Crippen molar-refractivity contribution in [2.24, 2.45) is 0 Å². The Morgan fingerprint density at radius 2 is 2.12 bits per heavy atom. The number of ether oxygens (including phenoxy) is 2. The fourth-order valence-corrected chi connectivity index (χ4v) is 2.49. The lowest BCUT2D eigenvalue weighted by Crippen LogP contribution is -2.48. The molecule has 0 unspecified atom stereocenters. The third kappa shape index (κ3) is 2.16. The molecule has 0 amide bonds. The molecular formula is C14H19ClO2. The molecule has 1 aromatic carbocycles. The number of hydrogen-bond acceptors (Lipinski definition) is 2. The fourth-order valence-electron chi connectivity index (χ4n) is 2.18. The fraction of sp³-hybridized carbons (Fsp3) is 0.571. The molecule has 3 heteroatoms. The normalized spacial score (nSPS) is 17.9. The van der Waals surface area contributed by atoms with Crippen molar-refractivity contribution in [3.05, 3.63) is 29.3 Å². The highest BCUT2D eigenvalue weighted by Gasteiger charge is 2.39. The first-order valence-corrected chi connectivity index (χ1v) is 6.48. The molecule has 2 nitrogen and oxygen atoms in total. The highest BCUT2D eigenvalue weighted by Crippen LogP contribution is 2.37. The maximum Gasteiger partial charge on any atom is 0.122 e. The van der Waals surface area contributed by atoms with Crippen molar-refractivity contribution in [1.82, 2.24) is 0 Å². The second-order valence-corrected chi connectivity index (χ2v) is 5.29. The quantitative estimate of drug-likeness (QED) is 0.768. The zero-order chi connectivity index (χ0) is 12.5. The van der Waals surface area contributed by atoms with Crippen molar-refractivity contribution in [3.8, 4) is 5.75 Å². The first kappa shape index (κ1) is 12.7. The molecule has 94 valence electrons. The van der Waals surface area contributed by atoms with E-state index in [4.69, 9.17) is 21.1 Å². The zero-order valence-corrected chi connectivity index (χ0v) is 11.4. The van der Waals surface area contributed by atoms with E-state index in [0.29, 0.717) is 11.8 Å². The Morgan fingerprint density at radius 1 is 1.41 bits per heavy atom. The third-order valence-electron chi connectivity index (χ3n) is 3.48. The Morgan fingerprint density at radius 3 is 2.53 bits per heavy atom. The van der Waals surface area contributed by atoms with E-state index in [9.17, 15) is 0 Å². The summed E-state index contributed by atoms with van der Waals surface area (Å²) in [4.78, 5) is 0. The van der Waals surface area contributed by atoms with Crippen LogP contribution in [0.15, 0.2) is 18.2 Å². The van der Waals surface area contributed by atoms with E-state index in [1.165, 1.54) is 11.1 Å². The molecule has 1 aliphatic heterocycles. The Kier molecular flexibility index (Phi) is 3.64. The van der Waals surface area contributed by atoms with E-state index in [1.54, 1.807) is 7.11 Å². The monoisotopic (exact) mass is 254 g/mol.